The molecule has 1 aromatic carbocycles. The van der Waals surface area contributed by atoms with E-state index in [1.54, 1.807) is 18.2 Å². The van der Waals surface area contributed by atoms with Gasteiger partial charge in [0.1, 0.15) is 5.69 Å². The zero-order valence-electron chi connectivity index (χ0n) is 16.6. The molecular weight excluding hydrogens is 356 g/mol. The molecule has 2 saturated heterocycles. The Kier molecular flexibility index (Phi) is 7.80. The summed E-state index contributed by atoms with van der Waals surface area (Å²) in [6.45, 7) is 6.53. The number of carbonyl (C=O) groups is 1. The summed E-state index contributed by atoms with van der Waals surface area (Å²) in [5.74, 6) is 0.608. The normalized spacial score (nSPS) is 19.9. The molecule has 7 heteroatoms. The highest BCUT2D eigenvalue weighted by molar-refractivity contribution is 5.93. The number of amides is 1. The molecule has 0 aliphatic carbocycles. The largest absolute Gasteiger partial charge is 0.320 e. The van der Waals surface area contributed by atoms with Gasteiger partial charge in [-0.1, -0.05) is 25.0 Å². The van der Waals surface area contributed by atoms with Crippen molar-refractivity contribution >= 4 is 17.3 Å². The Morgan fingerprint density at radius 3 is 2.39 bits per heavy atom. The summed E-state index contributed by atoms with van der Waals surface area (Å²) in [6, 6.07) is 6.27. The first-order chi connectivity index (χ1) is 13.6. The molecular formula is C21H32N4O3. The third-order valence-corrected chi connectivity index (χ3v) is 5.95. The van der Waals surface area contributed by atoms with Crippen molar-refractivity contribution in [2.24, 2.45) is 5.92 Å². The first-order valence-electron chi connectivity index (χ1n) is 10.6. The number of nitro benzene ring substituents is 1. The van der Waals surface area contributed by atoms with Gasteiger partial charge in [0.25, 0.3) is 5.69 Å². The molecule has 0 atom stereocenters. The second-order valence-electron chi connectivity index (χ2n) is 8.07. The maximum absolute atomic E-state index is 12.2. The molecule has 0 unspecified atom stereocenters. The van der Waals surface area contributed by atoms with E-state index in [-0.39, 0.29) is 17.3 Å². The van der Waals surface area contributed by atoms with Crippen LogP contribution < -0.4 is 5.32 Å². The molecule has 0 bridgehead atoms. The topological polar surface area (TPSA) is 78.7 Å². The van der Waals surface area contributed by atoms with Gasteiger partial charge < -0.3 is 15.1 Å². The van der Waals surface area contributed by atoms with Gasteiger partial charge in [-0.25, -0.2) is 0 Å². The molecule has 0 aromatic heterocycles. The zero-order chi connectivity index (χ0) is 19.8. The average Bonchev–Trinajstić information content (AvgIpc) is 2.96. The lowest BCUT2D eigenvalue weighted by atomic mass is 9.96. The van der Waals surface area contributed by atoms with Crippen molar-refractivity contribution < 1.29 is 9.72 Å². The van der Waals surface area contributed by atoms with Gasteiger partial charge in [-0.05, 0) is 63.8 Å². The van der Waals surface area contributed by atoms with Crippen molar-refractivity contribution in [3.8, 4) is 0 Å². The van der Waals surface area contributed by atoms with Crippen molar-refractivity contribution in [1.29, 1.82) is 0 Å². The maximum Gasteiger partial charge on any atom is 0.292 e. The van der Waals surface area contributed by atoms with E-state index in [1.807, 2.05) is 0 Å². The third kappa shape index (κ3) is 6.27. The van der Waals surface area contributed by atoms with Crippen LogP contribution in [0.2, 0.25) is 0 Å². The molecule has 154 valence electrons. The van der Waals surface area contributed by atoms with Crippen LogP contribution >= 0.6 is 0 Å². The van der Waals surface area contributed by atoms with Crippen molar-refractivity contribution in [3.05, 3.63) is 34.4 Å². The van der Waals surface area contributed by atoms with E-state index >= 15 is 0 Å². The summed E-state index contributed by atoms with van der Waals surface area (Å²) in [5.41, 5.74) is 0.207. The summed E-state index contributed by atoms with van der Waals surface area (Å²) in [7, 11) is 0. The maximum atomic E-state index is 12.2. The Labute approximate surface area is 167 Å². The van der Waals surface area contributed by atoms with E-state index in [9.17, 15) is 14.9 Å². The number of anilines is 1. The molecule has 28 heavy (non-hydrogen) atoms. The molecule has 1 N–H and O–H groups in total. The summed E-state index contributed by atoms with van der Waals surface area (Å²) in [6.07, 6.45) is 8.20. The fraction of sp³-hybridized carbons (Fsp3) is 0.667. The number of likely N-dealkylation sites (tertiary alicyclic amines) is 2. The van der Waals surface area contributed by atoms with Gasteiger partial charge >= 0.3 is 0 Å². The van der Waals surface area contributed by atoms with Crippen LogP contribution in [0.1, 0.15) is 44.9 Å². The van der Waals surface area contributed by atoms with Gasteiger partial charge in [0.2, 0.25) is 5.91 Å². The van der Waals surface area contributed by atoms with Crippen LogP contribution in [0.4, 0.5) is 11.4 Å². The lowest BCUT2D eigenvalue weighted by Crippen LogP contribution is -2.40. The molecule has 7 nitrogen and oxygen atoms in total. The Balaban J connectivity index is 1.37. The van der Waals surface area contributed by atoms with Crippen molar-refractivity contribution in [2.45, 2.75) is 44.9 Å². The number of hydrogen-bond acceptors (Lipinski definition) is 5. The molecule has 2 fully saturated rings. The smallest absolute Gasteiger partial charge is 0.292 e. The number of nitrogens with zero attached hydrogens (tertiary/aromatic N) is 3. The molecule has 1 aromatic rings. The Morgan fingerprint density at radius 2 is 1.71 bits per heavy atom. The number of hydrogen-bond donors (Lipinski definition) is 1. The molecule has 3 rings (SSSR count). The monoisotopic (exact) mass is 388 g/mol. The average molecular weight is 389 g/mol. The van der Waals surface area contributed by atoms with Crippen molar-refractivity contribution in [1.82, 2.24) is 9.80 Å². The Bertz CT molecular complexity index is 651. The molecule has 2 aliphatic heterocycles. The number of carbonyl (C=O) groups excluding carboxylic acids is 1. The van der Waals surface area contributed by atoms with Crippen LogP contribution in [0.5, 0.6) is 0 Å². The van der Waals surface area contributed by atoms with Gasteiger partial charge in [0, 0.05) is 25.6 Å². The predicted molar refractivity (Wildman–Crippen MR) is 110 cm³/mol. The van der Waals surface area contributed by atoms with Crippen LogP contribution in [-0.2, 0) is 4.79 Å². The van der Waals surface area contributed by atoms with E-state index in [1.165, 1.54) is 64.2 Å². The second kappa shape index (κ2) is 10.5. The summed E-state index contributed by atoms with van der Waals surface area (Å²) >= 11 is 0. The SMILES string of the molecule is O=C(CCN1CCC(CN2CCCCCC2)CC1)Nc1ccccc1[N+](=O)[O-]. The van der Waals surface area contributed by atoms with E-state index in [4.69, 9.17) is 0 Å². The fourth-order valence-corrected chi connectivity index (χ4v) is 4.29. The number of nitro groups is 1. The molecule has 0 saturated carbocycles. The minimum absolute atomic E-state index is 0.0647. The van der Waals surface area contributed by atoms with Gasteiger partial charge in [0.05, 0.1) is 4.92 Å². The summed E-state index contributed by atoms with van der Waals surface area (Å²) in [4.78, 5) is 27.8. The van der Waals surface area contributed by atoms with E-state index in [2.05, 4.69) is 15.1 Å². The highest BCUT2D eigenvalue weighted by atomic mass is 16.6. The third-order valence-electron chi connectivity index (χ3n) is 5.95. The zero-order valence-corrected chi connectivity index (χ0v) is 16.6. The minimum Gasteiger partial charge on any atom is -0.320 e. The minimum atomic E-state index is -0.468. The van der Waals surface area contributed by atoms with Crippen LogP contribution in [0.15, 0.2) is 24.3 Å². The van der Waals surface area contributed by atoms with E-state index in [0.29, 0.717) is 13.0 Å². The van der Waals surface area contributed by atoms with E-state index in [0.717, 1.165) is 19.0 Å². The van der Waals surface area contributed by atoms with Crippen molar-refractivity contribution in [3.63, 3.8) is 0 Å². The quantitative estimate of drug-likeness (QED) is 0.571. The molecule has 2 heterocycles. The van der Waals surface area contributed by atoms with Crippen LogP contribution in [-0.4, -0.2) is 59.9 Å². The van der Waals surface area contributed by atoms with E-state index < -0.39 is 4.92 Å². The van der Waals surface area contributed by atoms with Gasteiger partial charge in [-0.3, -0.25) is 14.9 Å². The number of nitrogens with one attached hydrogen (secondary N) is 1. The van der Waals surface area contributed by atoms with Crippen LogP contribution in [0.3, 0.4) is 0 Å². The highest BCUT2D eigenvalue weighted by Crippen LogP contribution is 2.24. The first kappa shape index (κ1) is 20.7. The summed E-state index contributed by atoms with van der Waals surface area (Å²) in [5, 5.41) is 13.7. The second-order valence-corrected chi connectivity index (χ2v) is 8.07. The first-order valence-corrected chi connectivity index (χ1v) is 10.6. The number of benzene rings is 1. The number of piperidine rings is 1. The standard InChI is InChI=1S/C21H32N4O3/c26-21(22-19-7-3-4-8-20(19)25(27)28)11-16-23-14-9-18(10-15-23)17-24-12-5-1-2-6-13-24/h3-4,7-8,18H,1-2,5-6,9-17H2,(H,22,26). The van der Waals surface area contributed by atoms with Gasteiger partial charge in [-0.15, -0.1) is 0 Å². The Hall–Kier alpha value is -1.99. The predicted octanol–water partition coefficient (Wildman–Crippen LogP) is 3.51. The van der Waals surface area contributed by atoms with Crippen LogP contribution in [0, 0.1) is 16.0 Å². The van der Waals surface area contributed by atoms with Crippen LogP contribution in [0.25, 0.3) is 0 Å². The lowest BCUT2D eigenvalue weighted by Gasteiger charge is -2.34. The summed E-state index contributed by atoms with van der Waals surface area (Å²) < 4.78 is 0. The lowest BCUT2D eigenvalue weighted by molar-refractivity contribution is -0.383. The van der Waals surface area contributed by atoms with Gasteiger partial charge in [-0.2, -0.15) is 0 Å². The molecule has 2 aliphatic rings. The highest BCUT2D eigenvalue weighted by Gasteiger charge is 2.22. The number of rotatable bonds is 7. The molecule has 1 amide bonds. The number of para-hydroxylation sites is 2. The molecule has 0 radical (unpaired) electrons. The van der Waals surface area contributed by atoms with Gasteiger partial charge in [0.15, 0.2) is 0 Å². The fourth-order valence-electron chi connectivity index (χ4n) is 4.29. The Morgan fingerprint density at radius 1 is 1.04 bits per heavy atom. The molecule has 0 spiro atoms. The van der Waals surface area contributed by atoms with Crippen molar-refractivity contribution in [2.75, 3.05) is 44.6 Å².